The number of halogens is 1. The van der Waals surface area contributed by atoms with Gasteiger partial charge in [-0.1, -0.05) is 67.3 Å². The molecule has 35 heavy (non-hydrogen) atoms. The van der Waals surface area contributed by atoms with Gasteiger partial charge in [0.1, 0.15) is 12.6 Å². The van der Waals surface area contributed by atoms with Gasteiger partial charge in [-0.25, -0.2) is 8.42 Å². The molecule has 0 unspecified atom stereocenters. The molecule has 1 atom stereocenters. The Labute approximate surface area is 213 Å². The second-order valence-corrected chi connectivity index (χ2v) is 11.5. The highest BCUT2D eigenvalue weighted by molar-refractivity contribution is 7.92. The van der Waals surface area contributed by atoms with Crippen molar-refractivity contribution in [2.45, 2.75) is 64.6 Å². The molecule has 2 aromatic rings. The molecule has 7 nitrogen and oxygen atoms in total. The molecule has 0 saturated heterocycles. The van der Waals surface area contributed by atoms with E-state index in [1.54, 1.807) is 32.0 Å². The number of nitrogens with zero attached hydrogens (tertiary/aromatic N) is 2. The molecule has 0 aliphatic heterocycles. The molecule has 2 aromatic carbocycles. The molecular weight excluding hydrogens is 486 g/mol. The Hall–Kier alpha value is -2.58. The molecule has 3 rings (SSSR count). The van der Waals surface area contributed by atoms with Crippen LogP contribution in [-0.4, -0.2) is 50.0 Å². The Bertz CT molecular complexity index is 1130. The van der Waals surface area contributed by atoms with Gasteiger partial charge < -0.3 is 10.2 Å². The molecule has 1 fully saturated rings. The van der Waals surface area contributed by atoms with E-state index < -0.39 is 28.5 Å². The molecule has 1 aliphatic rings. The molecule has 2 amide bonds. The van der Waals surface area contributed by atoms with E-state index in [4.69, 9.17) is 11.6 Å². The topological polar surface area (TPSA) is 86.8 Å². The van der Waals surface area contributed by atoms with E-state index in [-0.39, 0.29) is 18.5 Å². The fourth-order valence-corrected chi connectivity index (χ4v) is 5.46. The first-order valence-corrected chi connectivity index (χ1v) is 14.2. The Morgan fingerprint density at radius 2 is 1.71 bits per heavy atom. The van der Waals surface area contributed by atoms with Crippen molar-refractivity contribution >= 4 is 39.1 Å². The van der Waals surface area contributed by atoms with Gasteiger partial charge in [-0.3, -0.25) is 13.9 Å². The molecule has 9 heteroatoms. The molecule has 1 aliphatic carbocycles. The van der Waals surface area contributed by atoms with Crippen molar-refractivity contribution in [2.24, 2.45) is 0 Å². The smallest absolute Gasteiger partial charge is 0.244 e. The van der Waals surface area contributed by atoms with Gasteiger partial charge in [0.25, 0.3) is 0 Å². The number of nitrogens with one attached hydrogen (secondary N) is 1. The van der Waals surface area contributed by atoms with E-state index in [9.17, 15) is 18.0 Å². The minimum atomic E-state index is -3.80. The third-order valence-corrected chi connectivity index (χ3v) is 8.04. The number of hydrogen-bond donors (Lipinski definition) is 1. The summed E-state index contributed by atoms with van der Waals surface area (Å²) >= 11 is 6.23. The molecular formula is C26H34ClN3O4S. The van der Waals surface area contributed by atoms with E-state index in [1.807, 2.05) is 30.3 Å². The van der Waals surface area contributed by atoms with Gasteiger partial charge in [-0.05, 0) is 49.9 Å². The van der Waals surface area contributed by atoms with Gasteiger partial charge in [0.15, 0.2) is 0 Å². The first-order valence-electron chi connectivity index (χ1n) is 11.9. The van der Waals surface area contributed by atoms with Crippen molar-refractivity contribution in [2.75, 3.05) is 17.1 Å². The van der Waals surface area contributed by atoms with Gasteiger partial charge >= 0.3 is 0 Å². The predicted octanol–water partition coefficient (Wildman–Crippen LogP) is 4.28. The average molecular weight is 520 g/mol. The number of hydrogen-bond acceptors (Lipinski definition) is 4. The molecule has 0 radical (unpaired) electrons. The molecule has 0 spiro atoms. The van der Waals surface area contributed by atoms with Crippen molar-refractivity contribution in [3.8, 4) is 0 Å². The third-order valence-electron chi connectivity index (χ3n) is 6.50. The van der Waals surface area contributed by atoms with Crippen LogP contribution in [0.2, 0.25) is 5.02 Å². The van der Waals surface area contributed by atoms with Crippen molar-refractivity contribution in [3.63, 3.8) is 0 Å². The van der Waals surface area contributed by atoms with Crippen LogP contribution in [0.3, 0.4) is 0 Å². The third kappa shape index (κ3) is 7.21. The van der Waals surface area contributed by atoms with Crippen LogP contribution >= 0.6 is 11.6 Å². The highest BCUT2D eigenvalue weighted by Crippen LogP contribution is 2.28. The summed E-state index contributed by atoms with van der Waals surface area (Å²) in [7, 11) is -3.80. The summed E-state index contributed by atoms with van der Waals surface area (Å²) in [6.45, 7) is 3.15. The quantitative estimate of drug-likeness (QED) is 0.535. The fraction of sp³-hybridized carbons (Fsp3) is 0.462. The minimum absolute atomic E-state index is 0.106. The number of amides is 2. The van der Waals surface area contributed by atoms with Gasteiger partial charge in [-0.2, -0.15) is 0 Å². The largest absolute Gasteiger partial charge is 0.352 e. The maximum absolute atomic E-state index is 13.6. The standard InChI is InChI=1S/C26H34ClN3O4S/c1-19-23(27)15-10-16-24(19)30(35(3,33)34)18-25(31)29(17-21-11-6-4-7-12-21)20(2)26(32)28-22-13-8-5-9-14-22/h4,6-7,10-12,15-16,20,22H,5,8-9,13-14,17-18H2,1-3H3,(H,28,32)/t20-/m1/s1. The molecule has 0 bridgehead atoms. The van der Waals surface area contributed by atoms with Crippen LogP contribution in [0, 0.1) is 6.92 Å². The van der Waals surface area contributed by atoms with Crippen LogP contribution < -0.4 is 9.62 Å². The van der Waals surface area contributed by atoms with Crippen LogP contribution in [-0.2, 0) is 26.2 Å². The Morgan fingerprint density at radius 3 is 2.34 bits per heavy atom. The summed E-state index contributed by atoms with van der Waals surface area (Å²) in [6.07, 6.45) is 6.25. The SMILES string of the molecule is Cc1c(Cl)cccc1N(CC(=O)N(Cc1ccccc1)[C@H](C)C(=O)NC1CCCCC1)S(C)(=O)=O. The second-order valence-electron chi connectivity index (χ2n) is 9.18. The number of benzene rings is 2. The van der Waals surface area contributed by atoms with Crippen LogP contribution in [0.25, 0.3) is 0 Å². The van der Waals surface area contributed by atoms with E-state index in [1.165, 1.54) is 11.3 Å². The zero-order valence-electron chi connectivity index (χ0n) is 20.5. The lowest BCUT2D eigenvalue weighted by molar-refractivity contribution is -0.139. The lowest BCUT2D eigenvalue weighted by Gasteiger charge is -2.33. The predicted molar refractivity (Wildman–Crippen MR) is 140 cm³/mol. The normalized spacial score (nSPS) is 15.3. The zero-order valence-corrected chi connectivity index (χ0v) is 22.1. The van der Waals surface area contributed by atoms with E-state index in [0.717, 1.165) is 41.8 Å². The highest BCUT2D eigenvalue weighted by atomic mass is 35.5. The van der Waals surface area contributed by atoms with Crippen LogP contribution in [0.5, 0.6) is 0 Å². The van der Waals surface area contributed by atoms with Gasteiger partial charge in [-0.15, -0.1) is 0 Å². The Kier molecular flexibility index (Phi) is 9.19. The zero-order chi connectivity index (χ0) is 25.6. The van der Waals surface area contributed by atoms with Crippen molar-refractivity contribution in [1.29, 1.82) is 0 Å². The lowest BCUT2D eigenvalue weighted by atomic mass is 9.95. The molecule has 1 saturated carbocycles. The highest BCUT2D eigenvalue weighted by Gasteiger charge is 2.31. The summed E-state index contributed by atoms with van der Waals surface area (Å²) in [5.41, 5.74) is 1.75. The summed E-state index contributed by atoms with van der Waals surface area (Å²) in [5, 5.41) is 3.50. The van der Waals surface area contributed by atoms with Crippen molar-refractivity contribution in [3.05, 3.63) is 64.7 Å². The van der Waals surface area contributed by atoms with Crippen molar-refractivity contribution < 1.29 is 18.0 Å². The molecule has 0 heterocycles. The van der Waals surface area contributed by atoms with Crippen LogP contribution in [0.15, 0.2) is 48.5 Å². The first kappa shape index (κ1) is 27.0. The van der Waals surface area contributed by atoms with E-state index in [0.29, 0.717) is 16.3 Å². The van der Waals surface area contributed by atoms with Gasteiger partial charge in [0.2, 0.25) is 21.8 Å². The van der Waals surface area contributed by atoms with Gasteiger partial charge in [0.05, 0.1) is 11.9 Å². The number of carbonyl (C=O) groups excluding carboxylic acids is 2. The fourth-order valence-electron chi connectivity index (χ4n) is 4.39. The number of carbonyl (C=O) groups is 2. The number of rotatable bonds is 9. The summed E-state index contributed by atoms with van der Waals surface area (Å²) < 4.78 is 26.5. The monoisotopic (exact) mass is 519 g/mol. The number of sulfonamides is 1. The van der Waals surface area contributed by atoms with Crippen LogP contribution in [0.1, 0.15) is 50.2 Å². The van der Waals surface area contributed by atoms with E-state index >= 15 is 0 Å². The Morgan fingerprint density at radius 1 is 1.06 bits per heavy atom. The molecule has 0 aromatic heterocycles. The van der Waals surface area contributed by atoms with Crippen LogP contribution in [0.4, 0.5) is 5.69 Å². The molecule has 190 valence electrons. The second kappa shape index (κ2) is 11.9. The summed E-state index contributed by atoms with van der Waals surface area (Å²) in [5.74, 6) is -0.698. The Balaban J connectivity index is 1.88. The van der Waals surface area contributed by atoms with E-state index in [2.05, 4.69) is 5.32 Å². The summed E-state index contributed by atoms with van der Waals surface area (Å²) in [6, 6.07) is 13.6. The van der Waals surface area contributed by atoms with Crippen molar-refractivity contribution in [1.82, 2.24) is 10.2 Å². The lowest BCUT2D eigenvalue weighted by Crippen LogP contribution is -2.53. The maximum atomic E-state index is 13.6. The summed E-state index contributed by atoms with van der Waals surface area (Å²) in [4.78, 5) is 28.2. The minimum Gasteiger partial charge on any atom is -0.352 e. The first-order chi connectivity index (χ1) is 16.6. The number of anilines is 1. The average Bonchev–Trinajstić information content (AvgIpc) is 2.83. The maximum Gasteiger partial charge on any atom is 0.244 e. The molecule has 1 N–H and O–H groups in total. The van der Waals surface area contributed by atoms with Gasteiger partial charge in [0, 0.05) is 17.6 Å².